The molecule has 1 N–H and O–H groups in total. The normalized spacial score (nSPS) is 12.9. The molecule has 7 heteroatoms. The zero-order chi connectivity index (χ0) is 28.6. The maximum absolute atomic E-state index is 13.8. The second kappa shape index (κ2) is 14.1. The van der Waals surface area contributed by atoms with Gasteiger partial charge >= 0.3 is 0 Å². The SMILES string of the molecule is CC[C@H](C)NC(=O)[C@@H](Cc1ccccc1)N(Cc1cccc(Br)c1)C(=O)COc1ccc(C(C)(C)C)cc1Br. The molecule has 0 aliphatic carbocycles. The van der Waals surface area contributed by atoms with Crippen LogP contribution in [0.2, 0.25) is 0 Å². The van der Waals surface area contributed by atoms with E-state index in [1.54, 1.807) is 4.90 Å². The minimum Gasteiger partial charge on any atom is -0.483 e. The maximum Gasteiger partial charge on any atom is 0.261 e. The third-order valence-electron chi connectivity index (χ3n) is 6.66. The number of hydrogen-bond donors (Lipinski definition) is 1. The highest BCUT2D eigenvalue weighted by molar-refractivity contribution is 9.10. The minimum atomic E-state index is -0.705. The summed E-state index contributed by atoms with van der Waals surface area (Å²) < 4.78 is 7.71. The molecular formula is C32H38Br2N2O3. The number of amides is 2. The Labute approximate surface area is 249 Å². The number of benzene rings is 3. The molecule has 0 unspecified atom stereocenters. The molecule has 0 fully saturated rings. The molecule has 3 aromatic carbocycles. The average molecular weight is 658 g/mol. The standard InChI is InChI=1S/C32H38Br2N2O3/c1-6-22(2)35-31(38)28(18-23-11-8-7-9-12-23)36(20-24-13-10-14-26(33)17-24)30(37)21-39-29-16-15-25(19-27(29)34)32(3,4)5/h7-17,19,22,28H,6,18,20-21H2,1-5H3,(H,35,38)/t22-,28+/m0/s1. The molecule has 5 nitrogen and oxygen atoms in total. The summed E-state index contributed by atoms with van der Waals surface area (Å²) >= 11 is 7.13. The number of hydrogen-bond acceptors (Lipinski definition) is 3. The van der Waals surface area contributed by atoms with E-state index in [9.17, 15) is 9.59 Å². The van der Waals surface area contributed by atoms with Crippen molar-refractivity contribution >= 4 is 43.7 Å². The average Bonchev–Trinajstić information content (AvgIpc) is 2.89. The van der Waals surface area contributed by atoms with Crippen LogP contribution in [0, 0.1) is 0 Å². The summed E-state index contributed by atoms with van der Waals surface area (Å²) in [5, 5.41) is 3.10. The molecule has 208 valence electrons. The van der Waals surface area contributed by atoms with Gasteiger partial charge in [-0.3, -0.25) is 9.59 Å². The highest BCUT2D eigenvalue weighted by Crippen LogP contribution is 2.31. The molecule has 3 aromatic rings. The van der Waals surface area contributed by atoms with Crippen LogP contribution in [0.4, 0.5) is 0 Å². The zero-order valence-corrected chi connectivity index (χ0v) is 26.5. The van der Waals surface area contributed by atoms with Crippen molar-refractivity contribution in [2.75, 3.05) is 6.61 Å². The molecule has 0 aliphatic heterocycles. The van der Waals surface area contributed by atoms with Crippen molar-refractivity contribution in [2.24, 2.45) is 0 Å². The Balaban J connectivity index is 1.92. The Morgan fingerprint density at radius 3 is 2.26 bits per heavy atom. The van der Waals surface area contributed by atoms with Crippen molar-refractivity contribution in [3.05, 3.63) is 98.4 Å². The predicted molar refractivity (Wildman–Crippen MR) is 165 cm³/mol. The number of carbonyl (C=O) groups is 2. The minimum absolute atomic E-state index is 0.00729. The van der Waals surface area contributed by atoms with Crippen molar-refractivity contribution in [3.8, 4) is 5.75 Å². The van der Waals surface area contributed by atoms with Crippen LogP contribution < -0.4 is 10.1 Å². The second-order valence-corrected chi connectivity index (χ2v) is 12.6. The first-order valence-corrected chi connectivity index (χ1v) is 14.9. The number of nitrogens with one attached hydrogen (secondary N) is 1. The fourth-order valence-corrected chi connectivity index (χ4v) is 5.07. The van der Waals surface area contributed by atoms with Crippen LogP contribution >= 0.6 is 31.9 Å². The Morgan fingerprint density at radius 1 is 0.949 bits per heavy atom. The van der Waals surface area contributed by atoms with Crippen molar-refractivity contribution in [1.29, 1.82) is 0 Å². The summed E-state index contributed by atoms with van der Waals surface area (Å²) in [6.45, 7) is 10.5. The van der Waals surface area contributed by atoms with Crippen LogP contribution in [-0.2, 0) is 28.0 Å². The summed E-state index contributed by atoms with van der Waals surface area (Å²) in [5.74, 6) is 0.150. The molecule has 0 bridgehead atoms. The first-order chi connectivity index (χ1) is 18.5. The molecule has 0 aromatic heterocycles. The van der Waals surface area contributed by atoms with Crippen molar-refractivity contribution < 1.29 is 14.3 Å². The van der Waals surface area contributed by atoms with Crippen LogP contribution in [0.15, 0.2) is 81.7 Å². The van der Waals surface area contributed by atoms with Gasteiger partial charge in [-0.2, -0.15) is 0 Å². The first-order valence-electron chi connectivity index (χ1n) is 13.3. The van der Waals surface area contributed by atoms with E-state index in [-0.39, 0.29) is 36.4 Å². The molecular weight excluding hydrogens is 620 g/mol. The van der Waals surface area contributed by atoms with Gasteiger partial charge < -0.3 is 15.0 Å². The van der Waals surface area contributed by atoms with Crippen LogP contribution in [0.1, 0.15) is 57.7 Å². The number of halogens is 2. The Bertz CT molecular complexity index is 1260. The van der Waals surface area contributed by atoms with E-state index >= 15 is 0 Å². The predicted octanol–water partition coefficient (Wildman–Crippen LogP) is 7.44. The monoisotopic (exact) mass is 656 g/mol. The molecule has 0 aliphatic rings. The molecule has 0 spiro atoms. The Kier molecular flexibility index (Phi) is 11.2. The fraction of sp³-hybridized carbons (Fsp3) is 0.375. The van der Waals surface area contributed by atoms with Gasteiger partial charge in [-0.25, -0.2) is 0 Å². The third kappa shape index (κ3) is 9.21. The van der Waals surface area contributed by atoms with E-state index in [0.717, 1.165) is 32.1 Å². The number of rotatable bonds is 11. The largest absolute Gasteiger partial charge is 0.483 e. The van der Waals surface area contributed by atoms with E-state index < -0.39 is 6.04 Å². The topological polar surface area (TPSA) is 58.6 Å². The van der Waals surface area contributed by atoms with Crippen molar-refractivity contribution in [2.45, 2.75) is 71.5 Å². The summed E-state index contributed by atoms with van der Waals surface area (Å²) in [7, 11) is 0. The van der Waals surface area contributed by atoms with Gasteiger partial charge in [0.05, 0.1) is 4.47 Å². The highest BCUT2D eigenvalue weighted by Gasteiger charge is 2.31. The van der Waals surface area contributed by atoms with Crippen LogP contribution in [0.25, 0.3) is 0 Å². The van der Waals surface area contributed by atoms with E-state index in [1.807, 2.05) is 86.6 Å². The van der Waals surface area contributed by atoms with Crippen molar-refractivity contribution in [1.82, 2.24) is 10.2 Å². The number of nitrogens with zero attached hydrogens (tertiary/aromatic N) is 1. The van der Waals surface area contributed by atoms with Crippen LogP contribution in [-0.4, -0.2) is 35.4 Å². The van der Waals surface area contributed by atoms with Gasteiger partial charge in [0, 0.05) is 23.5 Å². The molecule has 3 rings (SSSR count). The molecule has 2 atom stereocenters. The summed E-state index contributed by atoms with van der Waals surface area (Å²) in [5.41, 5.74) is 3.05. The van der Waals surface area contributed by atoms with Crippen LogP contribution in [0.3, 0.4) is 0 Å². The summed E-state index contributed by atoms with van der Waals surface area (Å²) in [4.78, 5) is 29.1. The molecule has 39 heavy (non-hydrogen) atoms. The molecule has 0 radical (unpaired) electrons. The lowest BCUT2D eigenvalue weighted by Gasteiger charge is -2.32. The van der Waals surface area contributed by atoms with Gasteiger partial charge in [0.2, 0.25) is 5.91 Å². The lowest BCUT2D eigenvalue weighted by molar-refractivity contribution is -0.143. The van der Waals surface area contributed by atoms with Gasteiger partial charge in [0.1, 0.15) is 11.8 Å². The molecule has 0 heterocycles. The molecule has 0 saturated carbocycles. The van der Waals surface area contributed by atoms with Crippen molar-refractivity contribution in [3.63, 3.8) is 0 Å². The van der Waals surface area contributed by atoms with Gasteiger partial charge in [-0.15, -0.1) is 0 Å². The lowest BCUT2D eigenvalue weighted by Crippen LogP contribution is -2.53. The molecule has 2 amide bonds. The van der Waals surface area contributed by atoms with Crippen LogP contribution in [0.5, 0.6) is 5.75 Å². The highest BCUT2D eigenvalue weighted by atomic mass is 79.9. The van der Waals surface area contributed by atoms with Gasteiger partial charge in [0.25, 0.3) is 5.91 Å². The first kappa shape index (κ1) is 30.9. The van der Waals surface area contributed by atoms with Gasteiger partial charge in [0.15, 0.2) is 6.61 Å². The van der Waals surface area contributed by atoms with Gasteiger partial charge in [-0.05, 0) is 75.6 Å². The summed E-state index contributed by atoms with van der Waals surface area (Å²) in [6.07, 6.45) is 1.19. The van der Waals surface area contributed by atoms with E-state index in [4.69, 9.17) is 4.74 Å². The summed E-state index contributed by atoms with van der Waals surface area (Å²) in [6, 6.07) is 22.8. The quantitative estimate of drug-likeness (QED) is 0.233. The Morgan fingerprint density at radius 2 is 1.64 bits per heavy atom. The zero-order valence-electron chi connectivity index (χ0n) is 23.3. The third-order valence-corrected chi connectivity index (χ3v) is 7.78. The van der Waals surface area contributed by atoms with E-state index in [0.29, 0.717) is 12.2 Å². The maximum atomic E-state index is 13.8. The fourth-order valence-electron chi connectivity index (χ4n) is 4.13. The molecule has 0 saturated heterocycles. The van der Waals surface area contributed by atoms with E-state index in [2.05, 4.69) is 57.9 Å². The number of carbonyl (C=O) groups excluding carboxylic acids is 2. The van der Waals surface area contributed by atoms with Gasteiger partial charge in [-0.1, -0.05) is 92.2 Å². The van der Waals surface area contributed by atoms with E-state index in [1.165, 1.54) is 0 Å². The lowest BCUT2D eigenvalue weighted by atomic mass is 9.87. The number of ether oxygens (including phenoxy) is 1. The smallest absolute Gasteiger partial charge is 0.261 e. The second-order valence-electron chi connectivity index (χ2n) is 10.9. The Hall–Kier alpha value is -2.64.